The summed E-state index contributed by atoms with van der Waals surface area (Å²) in [6, 6.07) is 0. The zero-order valence-electron chi connectivity index (χ0n) is 16.8. The monoisotopic (exact) mass is 448 g/mol. The van der Waals surface area contributed by atoms with Crippen molar-refractivity contribution in [1.29, 1.82) is 0 Å². The van der Waals surface area contributed by atoms with E-state index in [1.54, 1.807) is 0 Å². The van der Waals surface area contributed by atoms with Gasteiger partial charge in [-0.1, -0.05) is 41.5 Å². The van der Waals surface area contributed by atoms with Gasteiger partial charge in [-0.2, -0.15) is 6.08 Å². The molecule has 142 valence electrons. The third-order valence-electron chi connectivity index (χ3n) is 1.34. The maximum Gasteiger partial charge on any atom is 0 e. The molecule has 0 aromatic carbocycles. The molecule has 4 heteroatoms. The van der Waals surface area contributed by atoms with Crippen LogP contribution in [0.25, 0.3) is 0 Å². The van der Waals surface area contributed by atoms with Gasteiger partial charge in [0.1, 0.15) is 0 Å². The van der Waals surface area contributed by atoms with Crippen molar-refractivity contribution in [3.63, 3.8) is 0 Å². The van der Waals surface area contributed by atoms with Crippen molar-refractivity contribution in [2.75, 3.05) is 0 Å². The molecule has 0 saturated heterocycles. The van der Waals surface area contributed by atoms with E-state index in [9.17, 15) is 0 Å². The second-order valence-corrected chi connectivity index (χ2v) is 8.88. The van der Waals surface area contributed by atoms with Crippen molar-refractivity contribution in [3.8, 4) is 0 Å². The molecule has 0 fully saturated rings. The van der Waals surface area contributed by atoms with Gasteiger partial charge < -0.3 is 37.1 Å². The van der Waals surface area contributed by atoms with E-state index >= 15 is 0 Å². The van der Waals surface area contributed by atoms with Gasteiger partial charge in [0.15, 0.2) is 0 Å². The topological polar surface area (TPSA) is 0 Å². The smallest absolute Gasteiger partial charge is 0 e. The van der Waals surface area contributed by atoms with Crippen LogP contribution in [0.1, 0.15) is 48.0 Å². The largest absolute Gasteiger partial charge is 0.358 e. The maximum absolute atomic E-state index is 2.99. The van der Waals surface area contributed by atoms with Gasteiger partial charge in [-0.15, -0.1) is 39.8 Å². The number of allylic oxidation sites excluding steroid dienone is 4. The quantitative estimate of drug-likeness (QED) is 0.262. The summed E-state index contributed by atoms with van der Waals surface area (Å²) in [5.74, 6) is 0. The number of hydrogen-bond acceptors (Lipinski definition) is 0. The average Bonchev–Trinajstić information content (AvgIpc) is 2.29. The first-order chi connectivity index (χ1) is 6.21. The van der Waals surface area contributed by atoms with E-state index < -0.39 is 0 Å². The summed E-state index contributed by atoms with van der Waals surface area (Å²) in [5, 5.41) is 1.02. The fraction of sp³-hybridized carbons (Fsp3) is 0.500. The SMILES string of the molecule is CC(C)(C)PC(C)(C)C.Cl.Cl.[C-]1=CC=CC1.[CH3-].[CH3-].[CH3-].[CH3-].[CH3-].[Zr]. The molecular weight excluding hydrogens is 409 g/mol. The van der Waals surface area contributed by atoms with Gasteiger partial charge in [-0.25, -0.2) is 12.2 Å². The first-order valence-corrected chi connectivity index (χ1v) is 6.22. The van der Waals surface area contributed by atoms with Crippen molar-refractivity contribution < 1.29 is 26.2 Å². The molecule has 0 unspecified atom stereocenters. The second kappa shape index (κ2) is 27.2. The number of rotatable bonds is 0. The van der Waals surface area contributed by atoms with Crippen LogP contribution >= 0.6 is 33.4 Å². The van der Waals surface area contributed by atoms with Crippen molar-refractivity contribution >= 4 is 33.4 Å². The van der Waals surface area contributed by atoms with Gasteiger partial charge in [0, 0.05) is 26.2 Å². The van der Waals surface area contributed by atoms with E-state index in [1.165, 1.54) is 0 Å². The second-order valence-electron chi connectivity index (χ2n) is 5.63. The summed E-state index contributed by atoms with van der Waals surface area (Å²) in [7, 11) is 1.05. The molecular formula is C18H41Cl2PZr-6. The summed E-state index contributed by atoms with van der Waals surface area (Å²) in [6.07, 6.45) is 10.0. The van der Waals surface area contributed by atoms with Crippen LogP contribution in [0.2, 0.25) is 0 Å². The Balaban J connectivity index is -0.0000000169. The van der Waals surface area contributed by atoms with Crippen molar-refractivity contribution in [2.45, 2.75) is 58.3 Å². The van der Waals surface area contributed by atoms with Gasteiger partial charge >= 0.3 is 0 Å². The molecule has 0 radical (unpaired) electrons. The van der Waals surface area contributed by atoms with Crippen molar-refractivity contribution in [3.05, 3.63) is 61.4 Å². The Morgan fingerprint density at radius 3 is 1.14 bits per heavy atom. The normalized spacial score (nSPS) is 9.73. The molecule has 1 aliphatic rings. The molecule has 0 aromatic heterocycles. The molecule has 0 heterocycles. The van der Waals surface area contributed by atoms with E-state index in [4.69, 9.17) is 0 Å². The minimum atomic E-state index is 0. The van der Waals surface area contributed by atoms with E-state index in [0.29, 0.717) is 10.3 Å². The molecule has 0 atom stereocenters. The third-order valence-corrected chi connectivity index (χ3v) is 2.84. The molecule has 22 heavy (non-hydrogen) atoms. The predicted molar refractivity (Wildman–Crippen MR) is 116 cm³/mol. The molecule has 0 amide bonds. The van der Waals surface area contributed by atoms with Crippen molar-refractivity contribution in [1.82, 2.24) is 0 Å². The summed E-state index contributed by atoms with van der Waals surface area (Å²) in [6.45, 7) is 13.8. The van der Waals surface area contributed by atoms with Gasteiger partial charge in [-0.3, -0.25) is 6.08 Å². The van der Waals surface area contributed by atoms with Crippen LogP contribution in [0.3, 0.4) is 0 Å². The third kappa shape index (κ3) is 57.9. The molecule has 0 N–H and O–H groups in total. The molecule has 1 rings (SSSR count). The Morgan fingerprint density at radius 1 is 0.773 bits per heavy atom. The molecule has 0 nitrogen and oxygen atoms in total. The molecule has 0 aliphatic heterocycles. The van der Waals surface area contributed by atoms with Crippen LogP contribution in [-0.2, 0) is 26.2 Å². The minimum absolute atomic E-state index is 0. The summed E-state index contributed by atoms with van der Waals surface area (Å²) < 4.78 is 0. The first kappa shape index (κ1) is 56.6. The van der Waals surface area contributed by atoms with Crippen molar-refractivity contribution in [2.24, 2.45) is 0 Å². The van der Waals surface area contributed by atoms with E-state index in [1.807, 2.05) is 12.2 Å². The van der Waals surface area contributed by atoms with Crippen LogP contribution in [0.5, 0.6) is 0 Å². The van der Waals surface area contributed by atoms with E-state index in [-0.39, 0.29) is 88.2 Å². The summed E-state index contributed by atoms with van der Waals surface area (Å²) >= 11 is 0. The molecule has 0 saturated carbocycles. The van der Waals surface area contributed by atoms with Gasteiger partial charge in [0.25, 0.3) is 0 Å². The van der Waals surface area contributed by atoms with E-state index in [0.717, 1.165) is 15.0 Å². The van der Waals surface area contributed by atoms with Crippen LogP contribution in [-0.4, -0.2) is 10.3 Å². The molecule has 1 aliphatic carbocycles. The molecule has 0 bridgehead atoms. The Hall–Kier alpha value is 1.37. The predicted octanol–water partition coefficient (Wildman–Crippen LogP) is 7.66. The van der Waals surface area contributed by atoms with Crippen LogP contribution < -0.4 is 0 Å². The maximum atomic E-state index is 2.99. The minimum Gasteiger partial charge on any atom is -0.358 e. The first-order valence-electron chi connectivity index (χ1n) is 5.22. The molecule has 0 aromatic rings. The summed E-state index contributed by atoms with van der Waals surface area (Å²) in [5.41, 5.74) is 0. The fourth-order valence-corrected chi connectivity index (χ4v) is 3.72. The number of hydrogen-bond donors (Lipinski definition) is 0. The Bertz CT molecular complexity index is 192. The van der Waals surface area contributed by atoms with Crippen LogP contribution in [0.15, 0.2) is 18.2 Å². The van der Waals surface area contributed by atoms with Gasteiger partial charge in [-0.05, 0) is 10.3 Å². The Labute approximate surface area is 178 Å². The van der Waals surface area contributed by atoms with Crippen LogP contribution in [0, 0.1) is 43.2 Å². The zero-order valence-corrected chi connectivity index (χ0v) is 21.8. The Kier molecular flexibility index (Phi) is 70.1. The average molecular weight is 451 g/mol. The molecule has 0 spiro atoms. The summed E-state index contributed by atoms with van der Waals surface area (Å²) in [4.78, 5) is 0. The van der Waals surface area contributed by atoms with Gasteiger partial charge in [0.05, 0.1) is 0 Å². The van der Waals surface area contributed by atoms with E-state index in [2.05, 4.69) is 53.7 Å². The fourth-order valence-electron chi connectivity index (χ4n) is 1.47. The number of halogens is 2. The Morgan fingerprint density at radius 2 is 1.09 bits per heavy atom. The standard InChI is InChI=1S/C8H19P.C5H5.5CH3.2ClH.Zr/c1-7(2,3)9-8(4,5)6;1-2-4-5-3-1;;;;;;;;/h9H,1-6H3;1-3H,4H2;5*1H3;2*1H;/q;6*-1;;;. The zero-order chi connectivity index (χ0) is 11.2. The van der Waals surface area contributed by atoms with Gasteiger partial charge in [0.2, 0.25) is 0 Å². The van der Waals surface area contributed by atoms with Crippen LogP contribution in [0.4, 0.5) is 0 Å².